The molecule has 0 aromatic carbocycles. The van der Waals surface area contributed by atoms with Crippen molar-refractivity contribution in [3.05, 3.63) is 18.0 Å². The van der Waals surface area contributed by atoms with E-state index in [1.165, 1.54) is 5.56 Å². The molecular weight excluding hydrogens is 212 g/mol. The van der Waals surface area contributed by atoms with Gasteiger partial charge in [-0.05, 0) is 32.9 Å². The average molecular weight is 238 g/mol. The maximum atomic E-state index is 5.75. The Hall–Kier alpha value is -0.870. The molecule has 0 aliphatic rings. The zero-order chi connectivity index (χ0) is 13.1. The van der Waals surface area contributed by atoms with Crippen molar-refractivity contribution in [3.8, 4) is 0 Å². The highest BCUT2D eigenvalue weighted by Gasteiger charge is 2.18. The molecule has 0 unspecified atom stereocenters. The molecule has 0 saturated carbocycles. The van der Waals surface area contributed by atoms with E-state index in [9.17, 15) is 0 Å². The SMILES string of the molecule is CC(C)n1cc(CN(C)CC(C)(C)CN)cn1. The van der Waals surface area contributed by atoms with E-state index in [4.69, 9.17) is 5.73 Å². The van der Waals surface area contributed by atoms with Crippen LogP contribution in [0.25, 0.3) is 0 Å². The maximum Gasteiger partial charge on any atom is 0.0534 e. The number of hydrogen-bond donors (Lipinski definition) is 1. The molecule has 1 rings (SSSR count). The summed E-state index contributed by atoms with van der Waals surface area (Å²) in [5.74, 6) is 0. The largest absolute Gasteiger partial charge is 0.330 e. The molecule has 0 bridgehead atoms. The molecule has 17 heavy (non-hydrogen) atoms. The minimum atomic E-state index is 0.169. The van der Waals surface area contributed by atoms with Gasteiger partial charge in [0, 0.05) is 30.9 Å². The Balaban J connectivity index is 2.53. The van der Waals surface area contributed by atoms with Crippen LogP contribution in [-0.4, -0.2) is 34.8 Å². The fourth-order valence-corrected chi connectivity index (χ4v) is 1.90. The molecule has 1 aromatic rings. The van der Waals surface area contributed by atoms with Gasteiger partial charge in [0.2, 0.25) is 0 Å². The Labute approximate surface area is 105 Å². The summed E-state index contributed by atoms with van der Waals surface area (Å²) < 4.78 is 2.00. The third-order valence-electron chi connectivity index (χ3n) is 2.89. The van der Waals surface area contributed by atoms with Crippen molar-refractivity contribution >= 4 is 0 Å². The third kappa shape index (κ3) is 4.48. The van der Waals surface area contributed by atoms with Crippen LogP contribution >= 0.6 is 0 Å². The molecule has 4 heteroatoms. The summed E-state index contributed by atoms with van der Waals surface area (Å²) in [4.78, 5) is 2.30. The molecule has 1 aromatic heterocycles. The average Bonchev–Trinajstić information content (AvgIpc) is 2.65. The highest BCUT2D eigenvalue weighted by atomic mass is 15.3. The van der Waals surface area contributed by atoms with Gasteiger partial charge in [-0.3, -0.25) is 4.68 Å². The van der Waals surface area contributed by atoms with Gasteiger partial charge in [0.1, 0.15) is 0 Å². The lowest BCUT2D eigenvalue weighted by Crippen LogP contribution is -2.36. The lowest BCUT2D eigenvalue weighted by atomic mass is 9.93. The van der Waals surface area contributed by atoms with Crippen molar-refractivity contribution in [2.45, 2.75) is 40.3 Å². The summed E-state index contributed by atoms with van der Waals surface area (Å²) >= 11 is 0. The van der Waals surface area contributed by atoms with Crippen molar-refractivity contribution in [3.63, 3.8) is 0 Å². The Bertz CT molecular complexity index is 341. The highest BCUT2D eigenvalue weighted by Crippen LogP contribution is 2.15. The number of nitrogens with zero attached hydrogens (tertiary/aromatic N) is 3. The van der Waals surface area contributed by atoms with Crippen LogP contribution in [0, 0.1) is 5.41 Å². The third-order valence-corrected chi connectivity index (χ3v) is 2.89. The van der Waals surface area contributed by atoms with Gasteiger partial charge in [-0.1, -0.05) is 13.8 Å². The zero-order valence-electron chi connectivity index (χ0n) is 11.8. The molecule has 98 valence electrons. The van der Waals surface area contributed by atoms with E-state index < -0.39 is 0 Å². The van der Waals surface area contributed by atoms with Gasteiger partial charge >= 0.3 is 0 Å². The summed E-state index contributed by atoms with van der Waals surface area (Å²) in [7, 11) is 2.13. The summed E-state index contributed by atoms with van der Waals surface area (Å²) in [6, 6.07) is 0.425. The molecule has 0 atom stereocenters. The quantitative estimate of drug-likeness (QED) is 0.823. The van der Waals surface area contributed by atoms with E-state index in [0.29, 0.717) is 12.6 Å². The van der Waals surface area contributed by atoms with E-state index in [2.05, 4.69) is 50.9 Å². The standard InChI is InChI=1S/C13H26N4/c1-11(2)17-8-12(6-15-17)7-16(5)10-13(3,4)9-14/h6,8,11H,7,9-10,14H2,1-5H3. The molecule has 4 nitrogen and oxygen atoms in total. The van der Waals surface area contributed by atoms with Crippen LogP contribution < -0.4 is 5.73 Å². The van der Waals surface area contributed by atoms with Crippen LogP contribution in [0.3, 0.4) is 0 Å². The Kier molecular flexibility index (Phi) is 4.71. The monoisotopic (exact) mass is 238 g/mol. The first-order chi connectivity index (χ1) is 7.84. The maximum absolute atomic E-state index is 5.75. The zero-order valence-corrected chi connectivity index (χ0v) is 11.8. The van der Waals surface area contributed by atoms with Gasteiger partial charge in [0.05, 0.1) is 6.20 Å². The first kappa shape index (κ1) is 14.2. The Morgan fingerprint density at radius 3 is 2.59 bits per heavy atom. The molecule has 0 fully saturated rings. The molecular formula is C13H26N4. The predicted octanol–water partition coefficient (Wildman–Crippen LogP) is 1.88. The normalized spacial score (nSPS) is 12.7. The van der Waals surface area contributed by atoms with Crippen LogP contribution in [0.15, 0.2) is 12.4 Å². The molecule has 0 radical (unpaired) electrons. The molecule has 0 aliphatic carbocycles. The molecule has 0 saturated heterocycles. The molecule has 0 aliphatic heterocycles. The second-order valence-corrected chi connectivity index (χ2v) is 5.96. The van der Waals surface area contributed by atoms with Crippen LogP contribution in [0.1, 0.15) is 39.3 Å². The lowest BCUT2D eigenvalue weighted by molar-refractivity contribution is 0.210. The summed E-state index contributed by atoms with van der Waals surface area (Å²) in [6.07, 6.45) is 4.07. The summed E-state index contributed by atoms with van der Waals surface area (Å²) in [5.41, 5.74) is 7.18. The topological polar surface area (TPSA) is 47.1 Å². The smallest absolute Gasteiger partial charge is 0.0534 e. The van der Waals surface area contributed by atoms with Crippen LogP contribution in [0.4, 0.5) is 0 Å². The number of hydrogen-bond acceptors (Lipinski definition) is 3. The van der Waals surface area contributed by atoms with Gasteiger partial charge in [-0.2, -0.15) is 5.10 Å². The van der Waals surface area contributed by atoms with Crippen LogP contribution in [0.2, 0.25) is 0 Å². The fraction of sp³-hybridized carbons (Fsp3) is 0.769. The van der Waals surface area contributed by atoms with Gasteiger partial charge in [-0.25, -0.2) is 0 Å². The number of aromatic nitrogens is 2. The van der Waals surface area contributed by atoms with Gasteiger partial charge in [0.25, 0.3) is 0 Å². The molecule has 1 heterocycles. The number of rotatable bonds is 6. The van der Waals surface area contributed by atoms with Crippen LogP contribution in [-0.2, 0) is 6.54 Å². The summed E-state index contributed by atoms with van der Waals surface area (Å²) in [5, 5.41) is 4.35. The molecule has 0 amide bonds. The van der Waals surface area contributed by atoms with Gasteiger partial charge in [-0.15, -0.1) is 0 Å². The second kappa shape index (κ2) is 5.65. The Morgan fingerprint density at radius 2 is 2.12 bits per heavy atom. The van der Waals surface area contributed by atoms with Crippen molar-refractivity contribution in [2.24, 2.45) is 11.1 Å². The highest BCUT2D eigenvalue weighted by molar-refractivity contribution is 5.04. The summed E-state index contributed by atoms with van der Waals surface area (Å²) in [6.45, 7) is 11.3. The predicted molar refractivity (Wildman–Crippen MR) is 71.8 cm³/mol. The lowest BCUT2D eigenvalue weighted by Gasteiger charge is -2.28. The van der Waals surface area contributed by atoms with E-state index in [1.807, 2.05) is 10.9 Å². The van der Waals surface area contributed by atoms with Crippen molar-refractivity contribution in [2.75, 3.05) is 20.1 Å². The van der Waals surface area contributed by atoms with E-state index in [1.54, 1.807) is 0 Å². The number of nitrogens with two attached hydrogens (primary N) is 1. The van der Waals surface area contributed by atoms with E-state index in [0.717, 1.165) is 13.1 Å². The van der Waals surface area contributed by atoms with Crippen molar-refractivity contribution < 1.29 is 0 Å². The first-order valence-corrected chi connectivity index (χ1v) is 6.26. The van der Waals surface area contributed by atoms with Crippen LogP contribution in [0.5, 0.6) is 0 Å². The van der Waals surface area contributed by atoms with Crippen molar-refractivity contribution in [1.29, 1.82) is 0 Å². The minimum absolute atomic E-state index is 0.169. The van der Waals surface area contributed by atoms with Gasteiger partial charge < -0.3 is 10.6 Å². The fourth-order valence-electron chi connectivity index (χ4n) is 1.90. The van der Waals surface area contributed by atoms with Gasteiger partial charge in [0.15, 0.2) is 0 Å². The minimum Gasteiger partial charge on any atom is -0.330 e. The Morgan fingerprint density at radius 1 is 1.47 bits per heavy atom. The molecule has 0 spiro atoms. The molecule has 2 N–H and O–H groups in total. The second-order valence-electron chi connectivity index (χ2n) is 5.96. The van der Waals surface area contributed by atoms with E-state index >= 15 is 0 Å². The van der Waals surface area contributed by atoms with E-state index in [-0.39, 0.29) is 5.41 Å². The first-order valence-electron chi connectivity index (χ1n) is 6.26. The van der Waals surface area contributed by atoms with Crippen molar-refractivity contribution in [1.82, 2.24) is 14.7 Å².